The molecule has 1 aliphatic rings. The summed E-state index contributed by atoms with van der Waals surface area (Å²) in [5.41, 5.74) is 0.350. The second-order valence-corrected chi connectivity index (χ2v) is 7.32. The van der Waals surface area contributed by atoms with Gasteiger partial charge in [-0.1, -0.05) is 41.9 Å². The lowest BCUT2D eigenvalue weighted by molar-refractivity contribution is -0.130. The van der Waals surface area contributed by atoms with Gasteiger partial charge in [-0.05, 0) is 43.5 Å². The summed E-state index contributed by atoms with van der Waals surface area (Å²) >= 11 is 6.06. The number of ether oxygens (including phenoxy) is 1. The number of methoxy groups -OCH3 is 1. The molecule has 0 aliphatic carbocycles. The van der Waals surface area contributed by atoms with Crippen molar-refractivity contribution in [3.05, 3.63) is 64.7 Å². The van der Waals surface area contributed by atoms with Crippen LogP contribution in [-0.2, 0) is 11.2 Å². The summed E-state index contributed by atoms with van der Waals surface area (Å²) in [6.45, 7) is 1.35. The fraction of sp³-hybridized carbons (Fsp3) is 0.286. The van der Waals surface area contributed by atoms with Gasteiger partial charge in [0.05, 0.1) is 18.7 Å². The first-order chi connectivity index (χ1) is 13.3. The number of halogens is 1. The van der Waals surface area contributed by atoms with Crippen molar-refractivity contribution in [1.82, 2.24) is 10.2 Å². The van der Waals surface area contributed by atoms with Crippen molar-refractivity contribution >= 4 is 29.3 Å². The number of hydrogen-bond acceptors (Lipinski definition) is 4. The predicted octanol–water partition coefficient (Wildman–Crippen LogP) is 3.47. The van der Waals surface area contributed by atoms with Crippen LogP contribution in [0.2, 0.25) is 5.02 Å². The van der Waals surface area contributed by atoms with E-state index in [1.54, 1.807) is 19.1 Å². The summed E-state index contributed by atoms with van der Waals surface area (Å²) in [4.78, 5) is 38.7. The van der Waals surface area contributed by atoms with Gasteiger partial charge in [0, 0.05) is 5.56 Å². The van der Waals surface area contributed by atoms with Crippen molar-refractivity contribution < 1.29 is 19.1 Å². The molecule has 1 atom stereocenters. The number of hydrogen-bond donors (Lipinski definition) is 1. The summed E-state index contributed by atoms with van der Waals surface area (Å²) in [5, 5.41) is 3.02. The lowest BCUT2D eigenvalue weighted by Gasteiger charge is -2.21. The van der Waals surface area contributed by atoms with Crippen LogP contribution in [0.4, 0.5) is 4.79 Å². The van der Waals surface area contributed by atoms with E-state index < -0.39 is 17.5 Å². The zero-order valence-electron chi connectivity index (χ0n) is 15.7. The molecule has 3 amide bonds. The maximum atomic E-state index is 12.8. The molecule has 0 bridgehead atoms. The number of aryl methyl sites for hydroxylation is 1. The molecule has 0 aromatic heterocycles. The Balaban J connectivity index is 1.69. The van der Waals surface area contributed by atoms with Crippen LogP contribution in [0, 0.1) is 0 Å². The molecule has 0 saturated carbocycles. The normalized spacial score (nSPS) is 18.9. The number of carbonyl (C=O) groups excluding carboxylic acids is 3. The van der Waals surface area contributed by atoms with Gasteiger partial charge in [0.25, 0.3) is 5.91 Å². The van der Waals surface area contributed by atoms with E-state index in [0.717, 1.165) is 10.5 Å². The van der Waals surface area contributed by atoms with E-state index in [4.69, 9.17) is 16.3 Å². The van der Waals surface area contributed by atoms with Crippen LogP contribution in [0.25, 0.3) is 0 Å². The monoisotopic (exact) mass is 400 g/mol. The first-order valence-corrected chi connectivity index (χ1v) is 9.26. The molecule has 6 nitrogen and oxygen atoms in total. The van der Waals surface area contributed by atoms with Gasteiger partial charge in [0.2, 0.25) is 0 Å². The highest BCUT2D eigenvalue weighted by Gasteiger charge is 2.47. The van der Waals surface area contributed by atoms with Gasteiger partial charge >= 0.3 is 6.03 Å². The third kappa shape index (κ3) is 4.02. The maximum Gasteiger partial charge on any atom is 0.325 e. The Bertz CT molecular complexity index is 916. The Hall–Kier alpha value is -2.86. The van der Waals surface area contributed by atoms with Gasteiger partial charge in [0.1, 0.15) is 11.3 Å². The highest BCUT2D eigenvalue weighted by molar-refractivity contribution is 6.32. The summed E-state index contributed by atoms with van der Waals surface area (Å²) in [6, 6.07) is 13.8. The van der Waals surface area contributed by atoms with Gasteiger partial charge in [-0.3, -0.25) is 14.5 Å². The largest absolute Gasteiger partial charge is 0.495 e. The summed E-state index contributed by atoms with van der Waals surface area (Å²) in [5.74, 6) is -0.330. The minimum absolute atomic E-state index is 0.290. The van der Waals surface area contributed by atoms with Gasteiger partial charge in [-0.25, -0.2) is 4.79 Å². The molecule has 1 fully saturated rings. The third-order valence-corrected chi connectivity index (χ3v) is 5.17. The minimum atomic E-state index is -1.04. The second-order valence-electron chi connectivity index (χ2n) is 6.91. The molecular formula is C21H21ClN2O4. The second kappa shape index (κ2) is 8.02. The van der Waals surface area contributed by atoms with Gasteiger partial charge in [-0.15, -0.1) is 0 Å². The molecule has 28 heavy (non-hydrogen) atoms. The Morgan fingerprint density at radius 1 is 1.18 bits per heavy atom. The topological polar surface area (TPSA) is 75.7 Å². The number of benzene rings is 2. The molecule has 1 heterocycles. The van der Waals surface area contributed by atoms with Crippen molar-refractivity contribution in [2.75, 3.05) is 13.7 Å². The Morgan fingerprint density at radius 2 is 1.89 bits per heavy atom. The molecule has 146 valence electrons. The summed E-state index contributed by atoms with van der Waals surface area (Å²) in [7, 11) is 1.48. The molecule has 0 spiro atoms. The van der Waals surface area contributed by atoms with Crippen molar-refractivity contribution in [2.24, 2.45) is 0 Å². The third-order valence-electron chi connectivity index (χ3n) is 4.88. The number of rotatable bonds is 7. The number of ketones is 1. The van der Waals surface area contributed by atoms with Crippen LogP contribution in [0.5, 0.6) is 5.75 Å². The number of nitrogens with zero attached hydrogens (tertiary/aromatic N) is 1. The lowest BCUT2D eigenvalue weighted by Crippen LogP contribution is -2.44. The van der Waals surface area contributed by atoms with E-state index >= 15 is 0 Å². The number of imide groups is 1. The molecule has 1 N–H and O–H groups in total. The smallest absolute Gasteiger partial charge is 0.325 e. The Morgan fingerprint density at radius 3 is 2.54 bits per heavy atom. The van der Waals surface area contributed by atoms with Crippen molar-refractivity contribution in [3.8, 4) is 5.75 Å². The molecule has 3 rings (SSSR count). The predicted molar refractivity (Wildman–Crippen MR) is 106 cm³/mol. The van der Waals surface area contributed by atoms with E-state index in [1.807, 2.05) is 30.3 Å². The number of amides is 3. The van der Waals surface area contributed by atoms with Crippen LogP contribution in [0.3, 0.4) is 0 Å². The number of Topliss-reactive ketones (excluding diaryl/α,β-unsaturated/α-hetero) is 1. The van der Waals surface area contributed by atoms with E-state index in [-0.39, 0.29) is 12.3 Å². The number of urea groups is 1. The standard InChI is InChI=1S/C21H21ClN2O4/c1-21(11-10-14-6-4-3-5-7-14)19(26)24(20(27)23-21)13-17(25)15-8-9-18(28-2)16(22)12-15/h3-9,12H,10-11,13H2,1-2H3,(H,23,27)/t21-/m0/s1. The van der Waals surface area contributed by atoms with Gasteiger partial charge < -0.3 is 10.1 Å². The molecule has 0 unspecified atom stereocenters. The maximum absolute atomic E-state index is 12.8. The van der Waals surface area contributed by atoms with Crippen molar-refractivity contribution in [1.29, 1.82) is 0 Å². The van der Waals surface area contributed by atoms with E-state index in [2.05, 4.69) is 5.32 Å². The van der Waals surface area contributed by atoms with E-state index in [1.165, 1.54) is 13.2 Å². The highest BCUT2D eigenvalue weighted by atomic mass is 35.5. The quantitative estimate of drug-likeness (QED) is 0.570. The van der Waals surface area contributed by atoms with Crippen LogP contribution in [0.15, 0.2) is 48.5 Å². The average Bonchev–Trinajstić information content (AvgIpc) is 2.90. The van der Waals surface area contributed by atoms with Crippen LogP contribution in [0.1, 0.15) is 29.3 Å². The summed E-state index contributed by atoms with van der Waals surface area (Å²) in [6.07, 6.45) is 1.08. The van der Waals surface area contributed by atoms with Gasteiger partial charge in [0.15, 0.2) is 5.78 Å². The average molecular weight is 401 g/mol. The molecule has 2 aromatic rings. The van der Waals surface area contributed by atoms with Crippen LogP contribution < -0.4 is 10.1 Å². The number of nitrogens with one attached hydrogen (secondary N) is 1. The molecular weight excluding hydrogens is 380 g/mol. The molecule has 1 aliphatic heterocycles. The van der Waals surface area contributed by atoms with Crippen LogP contribution >= 0.6 is 11.6 Å². The summed E-state index contributed by atoms with van der Waals surface area (Å²) < 4.78 is 5.07. The fourth-order valence-corrected chi connectivity index (χ4v) is 3.43. The molecule has 0 radical (unpaired) electrons. The zero-order chi connectivity index (χ0) is 20.3. The van der Waals surface area contributed by atoms with Crippen molar-refractivity contribution in [2.45, 2.75) is 25.3 Å². The SMILES string of the molecule is COc1ccc(C(=O)CN2C(=O)N[C@@](C)(CCc3ccccc3)C2=O)cc1Cl. The Labute approximate surface area is 168 Å². The molecule has 2 aromatic carbocycles. The lowest BCUT2D eigenvalue weighted by atomic mass is 9.93. The van der Waals surface area contributed by atoms with Crippen molar-refractivity contribution in [3.63, 3.8) is 0 Å². The van der Waals surface area contributed by atoms with Gasteiger partial charge in [-0.2, -0.15) is 0 Å². The first-order valence-electron chi connectivity index (χ1n) is 8.89. The van der Waals surface area contributed by atoms with Crippen LogP contribution in [-0.4, -0.2) is 41.8 Å². The van der Waals surface area contributed by atoms with E-state index in [0.29, 0.717) is 29.2 Å². The fourth-order valence-electron chi connectivity index (χ4n) is 3.17. The Kier molecular flexibility index (Phi) is 5.70. The van der Waals surface area contributed by atoms with E-state index in [9.17, 15) is 14.4 Å². The number of carbonyl (C=O) groups is 3. The minimum Gasteiger partial charge on any atom is -0.495 e. The molecule has 7 heteroatoms. The molecule has 1 saturated heterocycles. The highest BCUT2D eigenvalue weighted by Crippen LogP contribution is 2.27. The zero-order valence-corrected chi connectivity index (χ0v) is 16.5. The first kappa shape index (κ1) is 19.9.